The van der Waals surface area contributed by atoms with Crippen LogP contribution in [0.15, 0.2) is 138 Å². The first-order chi connectivity index (χ1) is 21.3. The SMILES string of the molecule is c1ccc(-c2nc(-c3cc4c5ccccc5ccc4c4ccccc34)nc(-c3ccnc4oc5ccccc5c34)n2)cc1. The van der Waals surface area contributed by atoms with Gasteiger partial charge in [0.15, 0.2) is 17.5 Å². The summed E-state index contributed by atoms with van der Waals surface area (Å²) < 4.78 is 6.11. The maximum Gasteiger partial charge on any atom is 0.228 e. The van der Waals surface area contributed by atoms with E-state index in [4.69, 9.17) is 19.4 Å². The van der Waals surface area contributed by atoms with Gasteiger partial charge in [0.1, 0.15) is 5.58 Å². The number of aromatic nitrogens is 4. The predicted octanol–water partition coefficient (Wildman–Crippen LogP) is 9.63. The summed E-state index contributed by atoms with van der Waals surface area (Å²) in [4.78, 5) is 19.9. The van der Waals surface area contributed by atoms with Crippen molar-refractivity contribution in [3.63, 3.8) is 0 Å². The largest absolute Gasteiger partial charge is 0.438 e. The molecule has 3 aromatic heterocycles. The third kappa shape index (κ3) is 3.72. The zero-order valence-corrected chi connectivity index (χ0v) is 22.9. The molecule has 6 aromatic carbocycles. The smallest absolute Gasteiger partial charge is 0.228 e. The molecule has 0 N–H and O–H groups in total. The van der Waals surface area contributed by atoms with Crippen molar-refractivity contribution in [2.45, 2.75) is 0 Å². The third-order valence-electron chi connectivity index (χ3n) is 8.20. The molecule has 9 rings (SSSR count). The fourth-order valence-corrected chi connectivity index (χ4v) is 6.21. The molecule has 0 spiro atoms. The molecule has 0 radical (unpaired) electrons. The molecule has 0 aliphatic heterocycles. The van der Waals surface area contributed by atoms with E-state index in [9.17, 15) is 0 Å². The van der Waals surface area contributed by atoms with Crippen LogP contribution in [0.25, 0.3) is 88.5 Å². The van der Waals surface area contributed by atoms with E-state index in [1.165, 1.54) is 21.5 Å². The average molecular weight is 551 g/mol. The minimum atomic E-state index is 0.560. The first-order valence-electron chi connectivity index (χ1n) is 14.2. The second-order valence-corrected chi connectivity index (χ2v) is 10.7. The Morgan fingerprint density at radius 3 is 1.95 bits per heavy atom. The molecule has 0 aliphatic carbocycles. The van der Waals surface area contributed by atoms with Gasteiger partial charge >= 0.3 is 0 Å². The summed E-state index contributed by atoms with van der Waals surface area (Å²) in [6, 6.07) is 43.7. The predicted molar refractivity (Wildman–Crippen MR) is 174 cm³/mol. The molecule has 5 nitrogen and oxygen atoms in total. The molecule has 5 heteroatoms. The van der Waals surface area contributed by atoms with Crippen molar-refractivity contribution in [3.05, 3.63) is 134 Å². The maximum absolute atomic E-state index is 6.11. The first-order valence-corrected chi connectivity index (χ1v) is 14.2. The van der Waals surface area contributed by atoms with Gasteiger partial charge < -0.3 is 4.42 Å². The zero-order chi connectivity index (χ0) is 28.3. The Kier molecular flexibility index (Phi) is 5.13. The van der Waals surface area contributed by atoms with E-state index in [-0.39, 0.29) is 0 Å². The summed E-state index contributed by atoms with van der Waals surface area (Å²) in [7, 11) is 0. The highest BCUT2D eigenvalue weighted by Gasteiger charge is 2.20. The van der Waals surface area contributed by atoms with Crippen LogP contribution >= 0.6 is 0 Å². The lowest BCUT2D eigenvalue weighted by Gasteiger charge is -2.14. The molecule has 0 bridgehead atoms. The quantitative estimate of drug-likeness (QED) is 0.205. The van der Waals surface area contributed by atoms with E-state index >= 15 is 0 Å². The third-order valence-corrected chi connectivity index (χ3v) is 8.20. The summed E-state index contributed by atoms with van der Waals surface area (Å²) in [5, 5.41) is 8.90. The Morgan fingerprint density at radius 2 is 1.09 bits per heavy atom. The summed E-state index contributed by atoms with van der Waals surface area (Å²) in [5.41, 5.74) is 4.08. The summed E-state index contributed by atoms with van der Waals surface area (Å²) in [6.45, 7) is 0. The lowest BCUT2D eigenvalue weighted by atomic mass is 9.93. The maximum atomic E-state index is 6.11. The highest BCUT2D eigenvalue weighted by molar-refractivity contribution is 6.20. The molecule has 0 aliphatic rings. The highest BCUT2D eigenvalue weighted by atomic mass is 16.3. The van der Waals surface area contributed by atoms with E-state index in [1.807, 2.05) is 54.6 Å². The molecular formula is C38H22N4O. The first kappa shape index (κ1) is 23.7. The van der Waals surface area contributed by atoms with Crippen LogP contribution in [0.2, 0.25) is 0 Å². The Labute approximate surface area is 246 Å². The van der Waals surface area contributed by atoms with E-state index in [0.717, 1.165) is 43.8 Å². The van der Waals surface area contributed by atoms with E-state index in [2.05, 4.69) is 77.8 Å². The van der Waals surface area contributed by atoms with Crippen molar-refractivity contribution < 1.29 is 4.42 Å². The Morgan fingerprint density at radius 1 is 0.442 bits per heavy atom. The number of nitrogens with zero attached hydrogens (tertiary/aromatic N) is 4. The van der Waals surface area contributed by atoms with E-state index in [0.29, 0.717) is 23.2 Å². The van der Waals surface area contributed by atoms with Gasteiger partial charge in [0.25, 0.3) is 0 Å². The summed E-state index contributed by atoms with van der Waals surface area (Å²) in [6.07, 6.45) is 1.75. The molecule has 0 unspecified atom stereocenters. The van der Waals surface area contributed by atoms with Crippen molar-refractivity contribution in [2.75, 3.05) is 0 Å². The minimum absolute atomic E-state index is 0.560. The van der Waals surface area contributed by atoms with Crippen molar-refractivity contribution in [3.8, 4) is 34.2 Å². The molecule has 0 saturated carbocycles. The lowest BCUT2D eigenvalue weighted by Crippen LogP contribution is -2.01. The monoisotopic (exact) mass is 550 g/mol. The standard InChI is InChI=1S/C38H22N4O/c1-2-11-24(12-3-1)35-40-36(30-20-21-39-38-34(30)29-16-8-9-17-33(29)43-38)42-37(41-35)32-22-31-25-13-5-4-10-23(25)18-19-28(31)26-14-6-7-15-27(26)32/h1-22H. The van der Waals surface area contributed by atoms with Gasteiger partial charge in [-0.15, -0.1) is 0 Å². The Bertz CT molecular complexity index is 2520. The number of pyridine rings is 1. The van der Waals surface area contributed by atoms with Crippen LogP contribution in [-0.2, 0) is 0 Å². The number of furan rings is 1. The van der Waals surface area contributed by atoms with Crippen LogP contribution in [0.1, 0.15) is 0 Å². The van der Waals surface area contributed by atoms with E-state index < -0.39 is 0 Å². The zero-order valence-electron chi connectivity index (χ0n) is 22.9. The molecular weight excluding hydrogens is 528 g/mol. The topological polar surface area (TPSA) is 64.7 Å². The lowest BCUT2D eigenvalue weighted by molar-refractivity contribution is 0.654. The van der Waals surface area contributed by atoms with Gasteiger partial charge in [-0.05, 0) is 50.5 Å². The van der Waals surface area contributed by atoms with Crippen LogP contribution in [0.3, 0.4) is 0 Å². The van der Waals surface area contributed by atoms with Crippen LogP contribution < -0.4 is 0 Å². The second-order valence-electron chi connectivity index (χ2n) is 10.7. The molecule has 200 valence electrons. The number of hydrogen-bond acceptors (Lipinski definition) is 5. The Balaban J connectivity index is 1.39. The molecule has 0 saturated heterocycles. The average Bonchev–Trinajstić information content (AvgIpc) is 3.47. The molecule has 0 atom stereocenters. The van der Waals surface area contributed by atoms with Crippen molar-refractivity contribution in [2.24, 2.45) is 0 Å². The number of benzene rings is 6. The molecule has 0 amide bonds. The van der Waals surface area contributed by atoms with Gasteiger partial charge in [-0.3, -0.25) is 0 Å². The van der Waals surface area contributed by atoms with Gasteiger partial charge in [0.05, 0.1) is 5.39 Å². The van der Waals surface area contributed by atoms with Crippen molar-refractivity contribution in [1.29, 1.82) is 0 Å². The number of hydrogen-bond donors (Lipinski definition) is 0. The van der Waals surface area contributed by atoms with Gasteiger partial charge in [0, 0.05) is 28.3 Å². The van der Waals surface area contributed by atoms with Crippen LogP contribution in [0, 0.1) is 0 Å². The molecule has 3 heterocycles. The van der Waals surface area contributed by atoms with E-state index in [1.54, 1.807) is 6.20 Å². The Hall–Kier alpha value is -5.94. The normalized spacial score (nSPS) is 11.7. The molecule has 0 fully saturated rings. The number of para-hydroxylation sites is 1. The molecule has 43 heavy (non-hydrogen) atoms. The van der Waals surface area contributed by atoms with Gasteiger partial charge in [0.2, 0.25) is 5.71 Å². The number of rotatable bonds is 3. The molecule has 9 aromatic rings. The van der Waals surface area contributed by atoms with Gasteiger partial charge in [-0.2, -0.15) is 0 Å². The van der Waals surface area contributed by atoms with Crippen LogP contribution in [-0.4, -0.2) is 19.9 Å². The second kappa shape index (κ2) is 9.29. The fourth-order valence-electron chi connectivity index (χ4n) is 6.21. The highest BCUT2D eigenvalue weighted by Crippen LogP contribution is 2.39. The van der Waals surface area contributed by atoms with Gasteiger partial charge in [-0.1, -0.05) is 109 Å². The van der Waals surface area contributed by atoms with Crippen LogP contribution in [0.4, 0.5) is 0 Å². The summed E-state index contributed by atoms with van der Waals surface area (Å²) in [5.74, 6) is 1.80. The van der Waals surface area contributed by atoms with Crippen LogP contribution in [0.5, 0.6) is 0 Å². The van der Waals surface area contributed by atoms with Crippen molar-refractivity contribution in [1.82, 2.24) is 19.9 Å². The minimum Gasteiger partial charge on any atom is -0.438 e. The van der Waals surface area contributed by atoms with Crippen molar-refractivity contribution >= 4 is 54.4 Å². The number of fused-ring (bicyclic) bond motifs is 8. The fraction of sp³-hybridized carbons (Fsp3) is 0. The van der Waals surface area contributed by atoms with Gasteiger partial charge in [-0.25, -0.2) is 19.9 Å². The summed E-state index contributed by atoms with van der Waals surface area (Å²) >= 11 is 0.